The van der Waals surface area contributed by atoms with E-state index in [1.54, 1.807) is 6.20 Å². The molecule has 2 aliphatic rings. The topological polar surface area (TPSA) is 42.9 Å². The van der Waals surface area contributed by atoms with Crippen LogP contribution >= 0.6 is 0 Å². The number of carbonyl (C=O) groups excluding carboxylic acids is 1. The van der Waals surface area contributed by atoms with Crippen molar-refractivity contribution >= 4 is 5.78 Å². The summed E-state index contributed by atoms with van der Waals surface area (Å²) in [5, 5.41) is 0. The van der Waals surface area contributed by atoms with E-state index in [1.807, 2.05) is 0 Å². The molecule has 4 rings (SSSR count). The van der Waals surface area contributed by atoms with E-state index in [4.69, 9.17) is 0 Å². The van der Waals surface area contributed by atoms with Gasteiger partial charge in [0.2, 0.25) is 0 Å². The minimum atomic E-state index is 0.185. The molecule has 0 spiro atoms. The zero-order chi connectivity index (χ0) is 13.5. The molecule has 1 fully saturated rings. The van der Waals surface area contributed by atoms with Crippen molar-refractivity contribution in [2.24, 2.45) is 0 Å². The standard InChI is InChI=1S/C17H16N2O/c20-16-6-2-5-15-14(16)10-18-17(19-15)13-4-1-3-12(9-13)11-7-8-11/h1,3-4,9-11H,2,5-8H2. The summed E-state index contributed by atoms with van der Waals surface area (Å²) in [6.07, 6.45) is 6.73. The summed E-state index contributed by atoms with van der Waals surface area (Å²) in [7, 11) is 0. The number of Topliss-reactive ketones (excluding diaryl/α,β-unsaturated/α-hetero) is 1. The molecule has 0 saturated heterocycles. The quantitative estimate of drug-likeness (QED) is 0.833. The van der Waals surface area contributed by atoms with Crippen molar-refractivity contribution in [1.29, 1.82) is 0 Å². The number of fused-ring (bicyclic) bond motifs is 1. The van der Waals surface area contributed by atoms with Crippen molar-refractivity contribution in [1.82, 2.24) is 9.97 Å². The van der Waals surface area contributed by atoms with Gasteiger partial charge in [-0.1, -0.05) is 18.2 Å². The van der Waals surface area contributed by atoms with Gasteiger partial charge in [0.15, 0.2) is 11.6 Å². The number of hydrogen-bond donors (Lipinski definition) is 0. The Hall–Kier alpha value is -2.03. The lowest BCUT2D eigenvalue weighted by atomic mass is 9.96. The van der Waals surface area contributed by atoms with Crippen molar-refractivity contribution in [3.8, 4) is 11.4 Å². The van der Waals surface area contributed by atoms with Crippen LogP contribution in [-0.4, -0.2) is 15.8 Å². The summed E-state index contributed by atoms with van der Waals surface area (Å²) in [6.45, 7) is 0. The third-order valence-electron chi connectivity index (χ3n) is 4.18. The highest BCUT2D eigenvalue weighted by Gasteiger charge is 2.24. The number of carbonyl (C=O) groups is 1. The summed E-state index contributed by atoms with van der Waals surface area (Å²) in [5.41, 5.74) is 4.09. The van der Waals surface area contributed by atoms with Crippen molar-refractivity contribution in [3.05, 3.63) is 47.3 Å². The number of nitrogens with zero attached hydrogens (tertiary/aromatic N) is 2. The monoisotopic (exact) mass is 264 g/mol. The third-order valence-corrected chi connectivity index (χ3v) is 4.18. The first-order valence-corrected chi connectivity index (χ1v) is 7.31. The minimum absolute atomic E-state index is 0.185. The van der Waals surface area contributed by atoms with Crippen LogP contribution in [0.3, 0.4) is 0 Å². The molecule has 0 radical (unpaired) electrons. The number of aryl methyl sites for hydroxylation is 1. The predicted octanol–water partition coefficient (Wildman–Crippen LogP) is 3.54. The van der Waals surface area contributed by atoms with Gasteiger partial charge in [-0.2, -0.15) is 0 Å². The second-order valence-electron chi connectivity index (χ2n) is 5.73. The average Bonchev–Trinajstić information content (AvgIpc) is 3.32. The van der Waals surface area contributed by atoms with E-state index in [0.717, 1.165) is 41.4 Å². The predicted molar refractivity (Wildman–Crippen MR) is 76.7 cm³/mol. The first kappa shape index (κ1) is 11.8. The van der Waals surface area contributed by atoms with Gasteiger partial charge < -0.3 is 0 Å². The molecule has 1 aromatic heterocycles. The van der Waals surface area contributed by atoms with Crippen LogP contribution in [0.1, 0.15) is 53.2 Å². The zero-order valence-corrected chi connectivity index (χ0v) is 11.3. The molecule has 1 saturated carbocycles. The van der Waals surface area contributed by atoms with Crippen LogP contribution in [-0.2, 0) is 6.42 Å². The fourth-order valence-electron chi connectivity index (χ4n) is 2.88. The summed E-state index contributed by atoms with van der Waals surface area (Å²) in [5.74, 6) is 1.67. The van der Waals surface area contributed by atoms with E-state index in [9.17, 15) is 4.79 Å². The summed E-state index contributed by atoms with van der Waals surface area (Å²) >= 11 is 0. The molecule has 0 bridgehead atoms. The number of hydrogen-bond acceptors (Lipinski definition) is 3. The van der Waals surface area contributed by atoms with Crippen molar-refractivity contribution in [2.45, 2.75) is 38.0 Å². The fraction of sp³-hybridized carbons (Fsp3) is 0.353. The van der Waals surface area contributed by atoms with Crippen LogP contribution in [0.4, 0.5) is 0 Å². The van der Waals surface area contributed by atoms with Crippen molar-refractivity contribution in [3.63, 3.8) is 0 Å². The fourth-order valence-corrected chi connectivity index (χ4v) is 2.88. The van der Waals surface area contributed by atoms with E-state index in [-0.39, 0.29) is 5.78 Å². The Labute approximate surface area is 118 Å². The van der Waals surface area contributed by atoms with Gasteiger partial charge in [0.1, 0.15) is 0 Å². The van der Waals surface area contributed by atoms with Gasteiger partial charge in [0.05, 0.1) is 11.3 Å². The van der Waals surface area contributed by atoms with Gasteiger partial charge >= 0.3 is 0 Å². The Kier molecular flexibility index (Phi) is 2.66. The van der Waals surface area contributed by atoms with Gasteiger partial charge in [-0.3, -0.25) is 4.79 Å². The minimum Gasteiger partial charge on any atom is -0.294 e. The van der Waals surface area contributed by atoms with Gasteiger partial charge in [0.25, 0.3) is 0 Å². The van der Waals surface area contributed by atoms with E-state index < -0.39 is 0 Å². The summed E-state index contributed by atoms with van der Waals surface area (Å²) < 4.78 is 0. The number of aromatic nitrogens is 2. The Balaban J connectivity index is 1.75. The molecule has 0 unspecified atom stereocenters. The van der Waals surface area contributed by atoms with Gasteiger partial charge in [0, 0.05) is 18.2 Å². The molecule has 3 nitrogen and oxygen atoms in total. The lowest BCUT2D eigenvalue weighted by molar-refractivity contribution is 0.0971. The molecule has 0 atom stereocenters. The largest absolute Gasteiger partial charge is 0.294 e. The van der Waals surface area contributed by atoms with E-state index in [2.05, 4.69) is 34.2 Å². The zero-order valence-electron chi connectivity index (χ0n) is 11.3. The maximum Gasteiger partial charge on any atom is 0.166 e. The molecule has 2 aliphatic carbocycles. The molecule has 0 amide bonds. The van der Waals surface area contributed by atoms with E-state index in [1.165, 1.54) is 18.4 Å². The highest BCUT2D eigenvalue weighted by atomic mass is 16.1. The van der Waals surface area contributed by atoms with Gasteiger partial charge in [-0.15, -0.1) is 0 Å². The number of rotatable bonds is 2. The van der Waals surface area contributed by atoms with Crippen LogP contribution in [0, 0.1) is 0 Å². The highest BCUT2D eigenvalue weighted by Crippen LogP contribution is 2.40. The van der Waals surface area contributed by atoms with Crippen LogP contribution < -0.4 is 0 Å². The maximum absolute atomic E-state index is 11.8. The first-order valence-electron chi connectivity index (χ1n) is 7.31. The van der Waals surface area contributed by atoms with Crippen LogP contribution in [0.25, 0.3) is 11.4 Å². The molecular weight excluding hydrogens is 248 g/mol. The van der Waals surface area contributed by atoms with Gasteiger partial charge in [-0.05, 0) is 43.2 Å². The molecule has 20 heavy (non-hydrogen) atoms. The summed E-state index contributed by atoms with van der Waals surface area (Å²) in [4.78, 5) is 20.8. The van der Waals surface area contributed by atoms with Gasteiger partial charge in [-0.25, -0.2) is 9.97 Å². The molecule has 0 N–H and O–H groups in total. The second-order valence-corrected chi connectivity index (χ2v) is 5.73. The average molecular weight is 264 g/mol. The second kappa shape index (κ2) is 4.51. The first-order chi connectivity index (χ1) is 9.81. The van der Waals surface area contributed by atoms with E-state index in [0.29, 0.717) is 6.42 Å². The van der Waals surface area contributed by atoms with E-state index >= 15 is 0 Å². The molecule has 3 heteroatoms. The van der Waals surface area contributed by atoms with Crippen molar-refractivity contribution in [2.75, 3.05) is 0 Å². The van der Waals surface area contributed by atoms with Crippen LogP contribution in [0.15, 0.2) is 30.5 Å². The summed E-state index contributed by atoms with van der Waals surface area (Å²) in [6, 6.07) is 8.52. The molecular formula is C17H16N2O. The SMILES string of the molecule is O=C1CCCc2nc(-c3cccc(C4CC4)c3)ncc21. The Morgan fingerprint density at radius 2 is 2.05 bits per heavy atom. The number of benzene rings is 1. The smallest absolute Gasteiger partial charge is 0.166 e. The Morgan fingerprint density at radius 3 is 2.90 bits per heavy atom. The third kappa shape index (κ3) is 2.03. The van der Waals surface area contributed by atoms with Crippen molar-refractivity contribution < 1.29 is 4.79 Å². The lowest BCUT2D eigenvalue weighted by Crippen LogP contribution is -2.13. The molecule has 2 aromatic rings. The normalized spacial score (nSPS) is 17.9. The van der Waals surface area contributed by atoms with Crippen LogP contribution in [0.5, 0.6) is 0 Å². The van der Waals surface area contributed by atoms with Crippen LogP contribution in [0.2, 0.25) is 0 Å². The molecule has 1 heterocycles. The Bertz CT molecular complexity index is 689. The maximum atomic E-state index is 11.8. The lowest BCUT2D eigenvalue weighted by Gasteiger charge is -2.14. The Morgan fingerprint density at radius 1 is 1.15 bits per heavy atom. The number of ketones is 1. The molecule has 1 aromatic carbocycles. The molecule has 0 aliphatic heterocycles. The highest BCUT2D eigenvalue weighted by molar-refractivity contribution is 5.97. The molecule has 100 valence electrons.